The van der Waals surface area contributed by atoms with Crippen LogP contribution >= 0.6 is 0 Å². The minimum atomic E-state index is -0.692. The second kappa shape index (κ2) is 7.45. The molecule has 0 aliphatic rings. The minimum Gasteiger partial charge on any atom is -0.493 e. The summed E-state index contributed by atoms with van der Waals surface area (Å²) in [6, 6.07) is 6.35. The van der Waals surface area contributed by atoms with Gasteiger partial charge in [0.05, 0.1) is 30.8 Å². The number of hydrogen-bond acceptors (Lipinski definition) is 6. The zero-order chi connectivity index (χ0) is 15.9. The average Bonchev–Trinajstić information content (AvgIpc) is 2.47. The highest BCUT2D eigenvalue weighted by atomic mass is 16.6. The van der Waals surface area contributed by atoms with E-state index in [0.717, 1.165) is 0 Å². The predicted molar refractivity (Wildman–Crippen MR) is 77.5 cm³/mol. The Bertz CT molecular complexity index is 542. The van der Waals surface area contributed by atoms with Crippen LogP contribution in [0.2, 0.25) is 0 Å². The summed E-state index contributed by atoms with van der Waals surface area (Å²) in [5.41, 5.74) is -0.761. The molecule has 1 atom stereocenters. The number of nitrogens with one attached hydrogen (secondary N) is 1. The lowest BCUT2D eigenvalue weighted by molar-refractivity contribution is -0.385. The van der Waals surface area contributed by atoms with Gasteiger partial charge in [-0.15, -0.1) is 0 Å². The van der Waals surface area contributed by atoms with Crippen LogP contribution in [0.1, 0.15) is 20.3 Å². The van der Waals surface area contributed by atoms with Crippen molar-refractivity contribution in [2.24, 2.45) is 0 Å². The quantitative estimate of drug-likeness (QED) is 0.583. The number of nitro benzene ring substituents is 1. The zero-order valence-corrected chi connectivity index (χ0v) is 12.4. The van der Waals surface area contributed by atoms with Crippen molar-refractivity contribution >= 4 is 5.69 Å². The number of rotatable bonds is 8. The van der Waals surface area contributed by atoms with E-state index in [0.29, 0.717) is 24.5 Å². The molecule has 0 saturated carbocycles. The molecule has 7 heteroatoms. The smallest absolute Gasteiger partial charge is 0.273 e. The summed E-state index contributed by atoms with van der Waals surface area (Å²) in [6.45, 7) is 4.61. The van der Waals surface area contributed by atoms with Gasteiger partial charge in [0.1, 0.15) is 5.54 Å². The molecule has 0 saturated heterocycles. The number of methoxy groups -OCH3 is 1. The largest absolute Gasteiger partial charge is 0.493 e. The summed E-state index contributed by atoms with van der Waals surface area (Å²) in [5.74, 6) is 0.714. The molecular weight excluding hydrogens is 274 g/mol. The molecule has 0 fully saturated rings. The maximum absolute atomic E-state index is 10.8. The molecule has 0 spiro atoms. The van der Waals surface area contributed by atoms with Crippen LogP contribution in [0.15, 0.2) is 18.2 Å². The summed E-state index contributed by atoms with van der Waals surface area (Å²) >= 11 is 0. The Kier molecular flexibility index (Phi) is 5.93. The van der Waals surface area contributed by atoms with Gasteiger partial charge in [0, 0.05) is 12.5 Å². The first kappa shape index (κ1) is 16.7. The Labute approximate surface area is 123 Å². The van der Waals surface area contributed by atoms with Crippen molar-refractivity contribution in [3.63, 3.8) is 0 Å². The van der Waals surface area contributed by atoms with Crippen molar-refractivity contribution in [3.05, 3.63) is 28.3 Å². The standard InChI is InChI=1S/C14H19N3O4/c1-4-16-14(2,10-15)7-8-21-13-9-11(17(18)19)5-6-12(13)20-3/h5-6,9,16H,4,7-8H2,1-3H3. The van der Waals surface area contributed by atoms with E-state index in [-0.39, 0.29) is 12.3 Å². The van der Waals surface area contributed by atoms with Gasteiger partial charge in [0.25, 0.3) is 5.69 Å². The van der Waals surface area contributed by atoms with Gasteiger partial charge in [-0.3, -0.25) is 15.4 Å². The molecular formula is C14H19N3O4. The maximum Gasteiger partial charge on any atom is 0.273 e. The number of nitro groups is 1. The fraction of sp³-hybridized carbons (Fsp3) is 0.500. The average molecular weight is 293 g/mol. The summed E-state index contributed by atoms with van der Waals surface area (Å²) < 4.78 is 10.7. The van der Waals surface area contributed by atoms with Crippen LogP contribution in [0.3, 0.4) is 0 Å². The van der Waals surface area contributed by atoms with Crippen molar-refractivity contribution in [3.8, 4) is 17.6 Å². The normalized spacial score (nSPS) is 13.0. The summed E-state index contributed by atoms with van der Waals surface area (Å²) in [4.78, 5) is 10.3. The molecule has 1 N–H and O–H groups in total. The van der Waals surface area contributed by atoms with E-state index in [4.69, 9.17) is 14.7 Å². The molecule has 0 heterocycles. The van der Waals surface area contributed by atoms with E-state index in [1.807, 2.05) is 6.92 Å². The van der Waals surface area contributed by atoms with E-state index in [1.54, 1.807) is 6.92 Å². The molecule has 0 bridgehead atoms. The summed E-state index contributed by atoms with van der Waals surface area (Å²) in [5, 5.41) is 23.0. The fourth-order valence-electron chi connectivity index (χ4n) is 1.83. The van der Waals surface area contributed by atoms with Gasteiger partial charge in [0.15, 0.2) is 11.5 Å². The fourth-order valence-corrected chi connectivity index (χ4v) is 1.83. The SMILES string of the molecule is CCNC(C)(C#N)CCOc1cc([N+](=O)[O-])ccc1OC. The third kappa shape index (κ3) is 4.61. The Hall–Kier alpha value is -2.33. The Morgan fingerprint density at radius 2 is 2.19 bits per heavy atom. The molecule has 0 aliphatic heterocycles. The number of benzene rings is 1. The molecule has 7 nitrogen and oxygen atoms in total. The van der Waals surface area contributed by atoms with Crippen molar-refractivity contribution in [2.75, 3.05) is 20.3 Å². The first-order chi connectivity index (χ1) is 9.95. The molecule has 0 aromatic heterocycles. The number of ether oxygens (including phenoxy) is 2. The molecule has 1 aromatic carbocycles. The predicted octanol–water partition coefficient (Wildman–Crippen LogP) is 2.26. The number of hydrogen-bond donors (Lipinski definition) is 1. The molecule has 21 heavy (non-hydrogen) atoms. The highest BCUT2D eigenvalue weighted by Crippen LogP contribution is 2.31. The molecule has 1 aromatic rings. The van der Waals surface area contributed by atoms with Crippen molar-refractivity contribution in [1.82, 2.24) is 5.32 Å². The van der Waals surface area contributed by atoms with E-state index < -0.39 is 10.5 Å². The maximum atomic E-state index is 10.8. The van der Waals surface area contributed by atoms with Gasteiger partial charge < -0.3 is 9.47 Å². The van der Waals surface area contributed by atoms with E-state index in [1.165, 1.54) is 25.3 Å². The van der Waals surface area contributed by atoms with Crippen LogP contribution in [0.5, 0.6) is 11.5 Å². The Morgan fingerprint density at radius 3 is 2.71 bits per heavy atom. The van der Waals surface area contributed by atoms with Crippen molar-refractivity contribution in [2.45, 2.75) is 25.8 Å². The van der Waals surface area contributed by atoms with Gasteiger partial charge in [-0.1, -0.05) is 6.92 Å². The van der Waals surface area contributed by atoms with Gasteiger partial charge in [-0.25, -0.2) is 0 Å². The molecule has 1 unspecified atom stereocenters. The third-order valence-corrected chi connectivity index (χ3v) is 3.03. The highest BCUT2D eigenvalue weighted by Gasteiger charge is 2.22. The van der Waals surface area contributed by atoms with E-state index in [9.17, 15) is 10.1 Å². The van der Waals surface area contributed by atoms with Crippen LogP contribution in [0, 0.1) is 21.4 Å². The molecule has 0 aliphatic carbocycles. The Balaban J connectivity index is 2.76. The van der Waals surface area contributed by atoms with Crippen molar-refractivity contribution in [1.29, 1.82) is 5.26 Å². The minimum absolute atomic E-state index is 0.0690. The monoisotopic (exact) mass is 293 g/mol. The van der Waals surface area contributed by atoms with Gasteiger partial charge in [0.2, 0.25) is 0 Å². The molecule has 1 rings (SSSR count). The first-order valence-corrected chi connectivity index (χ1v) is 6.57. The highest BCUT2D eigenvalue weighted by molar-refractivity contribution is 5.48. The molecule has 0 amide bonds. The van der Waals surface area contributed by atoms with Crippen LogP contribution in [-0.2, 0) is 0 Å². The molecule has 0 radical (unpaired) electrons. The summed E-state index contributed by atoms with van der Waals surface area (Å²) in [6.07, 6.45) is 0.448. The first-order valence-electron chi connectivity index (χ1n) is 6.57. The van der Waals surface area contributed by atoms with E-state index in [2.05, 4.69) is 11.4 Å². The summed E-state index contributed by atoms with van der Waals surface area (Å²) in [7, 11) is 1.46. The second-order valence-corrected chi connectivity index (χ2v) is 4.66. The second-order valence-electron chi connectivity index (χ2n) is 4.66. The zero-order valence-electron chi connectivity index (χ0n) is 12.4. The number of nitrogens with zero attached hydrogens (tertiary/aromatic N) is 2. The van der Waals surface area contributed by atoms with Crippen LogP contribution in [-0.4, -0.2) is 30.7 Å². The lowest BCUT2D eigenvalue weighted by atomic mass is 10.0. The van der Waals surface area contributed by atoms with Gasteiger partial charge in [-0.05, 0) is 19.5 Å². The number of nitriles is 1. The van der Waals surface area contributed by atoms with Gasteiger partial charge in [-0.2, -0.15) is 5.26 Å². The lowest BCUT2D eigenvalue weighted by Gasteiger charge is -2.22. The third-order valence-electron chi connectivity index (χ3n) is 3.03. The molecule has 114 valence electrons. The Morgan fingerprint density at radius 1 is 1.48 bits per heavy atom. The van der Waals surface area contributed by atoms with Crippen LogP contribution in [0.4, 0.5) is 5.69 Å². The van der Waals surface area contributed by atoms with Gasteiger partial charge >= 0.3 is 0 Å². The lowest BCUT2D eigenvalue weighted by Crippen LogP contribution is -2.42. The topological polar surface area (TPSA) is 97.4 Å². The van der Waals surface area contributed by atoms with Crippen LogP contribution in [0.25, 0.3) is 0 Å². The number of non-ortho nitro benzene ring substituents is 1. The van der Waals surface area contributed by atoms with Crippen LogP contribution < -0.4 is 14.8 Å². The van der Waals surface area contributed by atoms with Crippen molar-refractivity contribution < 1.29 is 14.4 Å². The van der Waals surface area contributed by atoms with E-state index >= 15 is 0 Å².